The minimum atomic E-state index is 0.517. The van der Waals surface area contributed by atoms with Gasteiger partial charge in [0, 0.05) is 23.3 Å². The molecule has 1 aromatic carbocycles. The van der Waals surface area contributed by atoms with Crippen LogP contribution in [0.5, 0.6) is 0 Å². The third kappa shape index (κ3) is 1.93. The fourth-order valence-corrected chi connectivity index (χ4v) is 2.27. The summed E-state index contributed by atoms with van der Waals surface area (Å²) in [6.07, 6.45) is 4.50. The Morgan fingerprint density at radius 3 is 2.94 bits per heavy atom. The minimum absolute atomic E-state index is 0.517. The number of nitrogens with two attached hydrogens (primary N) is 1. The highest BCUT2D eigenvalue weighted by Crippen LogP contribution is 2.35. The Hall–Kier alpha value is -1.77. The second-order valence-electron chi connectivity index (χ2n) is 4.87. The number of aromatic nitrogens is 1. The molecule has 0 amide bonds. The number of nitrogen functional groups attached to an aromatic ring is 1. The molecule has 88 valence electrons. The van der Waals surface area contributed by atoms with Crippen molar-refractivity contribution in [2.24, 2.45) is 5.92 Å². The summed E-state index contributed by atoms with van der Waals surface area (Å²) < 4.78 is 0. The first-order chi connectivity index (χ1) is 8.25. The lowest BCUT2D eigenvalue weighted by atomic mass is 10.1. The van der Waals surface area contributed by atoms with Gasteiger partial charge < -0.3 is 11.1 Å². The third-order valence-corrected chi connectivity index (χ3v) is 3.52. The number of hydrogen-bond donors (Lipinski definition) is 2. The Bertz CT molecular complexity index is 546. The van der Waals surface area contributed by atoms with Gasteiger partial charge in [-0.05, 0) is 49.9 Å². The molecule has 1 atom stereocenters. The van der Waals surface area contributed by atoms with Crippen LogP contribution >= 0.6 is 0 Å². The Kier molecular flexibility index (Phi) is 2.39. The van der Waals surface area contributed by atoms with Crippen LogP contribution in [0.1, 0.15) is 19.8 Å². The minimum Gasteiger partial charge on any atom is -0.398 e. The van der Waals surface area contributed by atoms with E-state index in [2.05, 4.69) is 17.2 Å². The van der Waals surface area contributed by atoms with Crippen molar-refractivity contribution in [1.29, 1.82) is 0 Å². The van der Waals surface area contributed by atoms with Gasteiger partial charge in [0.15, 0.2) is 0 Å². The topological polar surface area (TPSA) is 50.9 Å². The zero-order valence-corrected chi connectivity index (χ0v) is 9.98. The van der Waals surface area contributed by atoms with Gasteiger partial charge in [0.2, 0.25) is 0 Å². The van der Waals surface area contributed by atoms with Crippen molar-refractivity contribution < 1.29 is 0 Å². The van der Waals surface area contributed by atoms with Gasteiger partial charge in [0.1, 0.15) is 0 Å². The summed E-state index contributed by atoms with van der Waals surface area (Å²) in [5.74, 6) is 0.825. The number of rotatable bonds is 3. The van der Waals surface area contributed by atoms with Gasteiger partial charge in [-0.15, -0.1) is 0 Å². The summed E-state index contributed by atoms with van der Waals surface area (Å²) in [4.78, 5) is 4.43. The number of nitrogens with one attached hydrogen (secondary N) is 1. The predicted octanol–water partition coefficient (Wildman–Crippen LogP) is 3.03. The summed E-state index contributed by atoms with van der Waals surface area (Å²) in [5, 5.41) is 4.58. The van der Waals surface area contributed by atoms with Crippen LogP contribution in [-0.2, 0) is 0 Å². The number of hydrogen-bond acceptors (Lipinski definition) is 3. The molecule has 0 spiro atoms. The van der Waals surface area contributed by atoms with Gasteiger partial charge in [-0.1, -0.05) is 0 Å². The molecule has 1 aliphatic rings. The van der Waals surface area contributed by atoms with E-state index < -0.39 is 0 Å². The molecule has 17 heavy (non-hydrogen) atoms. The first-order valence-corrected chi connectivity index (χ1v) is 6.15. The number of fused-ring (bicyclic) bond motifs is 1. The molecular formula is C14H17N3. The molecule has 1 unspecified atom stereocenters. The lowest BCUT2D eigenvalue weighted by Crippen LogP contribution is -2.17. The van der Waals surface area contributed by atoms with E-state index in [-0.39, 0.29) is 0 Å². The molecular weight excluding hydrogens is 210 g/mol. The second kappa shape index (κ2) is 3.91. The highest BCUT2D eigenvalue weighted by molar-refractivity contribution is 5.98. The Labute approximate surface area is 101 Å². The second-order valence-corrected chi connectivity index (χ2v) is 4.87. The highest BCUT2D eigenvalue weighted by Gasteiger charge is 2.28. The van der Waals surface area contributed by atoms with E-state index >= 15 is 0 Å². The van der Waals surface area contributed by atoms with E-state index in [1.54, 1.807) is 0 Å². The maximum Gasteiger partial charge on any atom is 0.0953 e. The maximum absolute atomic E-state index is 5.96. The van der Waals surface area contributed by atoms with Gasteiger partial charge >= 0.3 is 0 Å². The molecule has 1 aliphatic carbocycles. The molecule has 0 radical (unpaired) electrons. The van der Waals surface area contributed by atoms with Gasteiger partial charge in [0.25, 0.3) is 0 Å². The number of anilines is 2. The predicted molar refractivity (Wildman–Crippen MR) is 72.0 cm³/mol. The van der Waals surface area contributed by atoms with Crippen molar-refractivity contribution in [2.45, 2.75) is 25.8 Å². The molecule has 3 nitrogen and oxygen atoms in total. The molecule has 1 fully saturated rings. The van der Waals surface area contributed by atoms with E-state index in [9.17, 15) is 0 Å². The summed E-state index contributed by atoms with van der Waals surface area (Å²) in [7, 11) is 0. The zero-order valence-electron chi connectivity index (χ0n) is 9.98. The van der Waals surface area contributed by atoms with Crippen LogP contribution in [0.3, 0.4) is 0 Å². The van der Waals surface area contributed by atoms with E-state index in [1.807, 2.05) is 30.5 Å². The third-order valence-electron chi connectivity index (χ3n) is 3.52. The average molecular weight is 227 g/mol. The van der Waals surface area contributed by atoms with E-state index in [0.29, 0.717) is 6.04 Å². The standard InChI is InChI=1S/C14H17N3/c1-9(10-4-5-10)17-13-7-6-12(15)11-3-2-8-16-14(11)13/h2-3,6-10,17H,4-5,15H2,1H3. The Balaban J connectivity index is 2.01. The van der Waals surface area contributed by atoms with Crippen LogP contribution in [0.25, 0.3) is 10.9 Å². The van der Waals surface area contributed by atoms with Crippen LogP contribution in [-0.4, -0.2) is 11.0 Å². The lowest BCUT2D eigenvalue weighted by Gasteiger charge is -2.16. The lowest BCUT2D eigenvalue weighted by molar-refractivity contribution is 0.695. The fourth-order valence-electron chi connectivity index (χ4n) is 2.27. The van der Waals surface area contributed by atoms with E-state index in [0.717, 1.165) is 28.2 Å². The summed E-state index contributed by atoms with van der Waals surface area (Å²) in [5.41, 5.74) is 8.81. The van der Waals surface area contributed by atoms with Crippen LogP contribution in [0, 0.1) is 5.92 Å². The van der Waals surface area contributed by atoms with E-state index in [4.69, 9.17) is 5.73 Å². The summed E-state index contributed by atoms with van der Waals surface area (Å²) in [6.45, 7) is 2.24. The van der Waals surface area contributed by atoms with Crippen molar-refractivity contribution in [1.82, 2.24) is 4.98 Å². The molecule has 3 N–H and O–H groups in total. The SMILES string of the molecule is CC(Nc1ccc(N)c2cccnc12)C1CC1. The number of pyridine rings is 1. The van der Waals surface area contributed by atoms with Gasteiger partial charge in [-0.25, -0.2) is 0 Å². The first-order valence-electron chi connectivity index (χ1n) is 6.15. The molecule has 1 heterocycles. The Morgan fingerprint density at radius 2 is 2.18 bits per heavy atom. The molecule has 2 aromatic rings. The van der Waals surface area contributed by atoms with Crippen molar-refractivity contribution >= 4 is 22.3 Å². The molecule has 0 saturated heterocycles. The smallest absolute Gasteiger partial charge is 0.0953 e. The Morgan fingerprint density at radius 1 is 1.35 bits per heavy atom. The molecule has 0 aliphatic heterocycles. The molecule has 3 heteroatoms. The van der Waals surface area contributed by atoms with Crippen molar-refractivity contribution in [3.05, 3.63) is 30.5 Å². The largest absolute Gasteiger partial charge is 0.398 e. The van der Waals surface area contributed by atoms with Crippen LogP contribution < -0.4 is 11.1 Å². The number of nitrogens with zero attached hydrogens (tertiary/aromatic N) is 1. The first kappa shape index (κ1) is 10.4. The van der Waals surface area contributed by atoms with Crippen molar-refractivity contribution in [3.8, 4) is 0 Å². The van der Waals surface area contributed by atoms with Gasteiger partial charge in [-0.2, -0.15) is 0 Å². The highest BCUT2D eigenvalue weighted by atomic mass is 14.9. The quantitative estimate of drug-likeness (QED) is 0.792. The summed E-state index contributed by atoms with van der Waals surface area (Å²) >= 11 is 0. The molecule has 3 rings (SSSR count). The maximum atomic E-state index is 5.96. The van der Waals surface area contributed by atoms with Gasteiger partial charge in [0.05, 0.1) is 11.2 Å². The van der Waals surface area contributed by atoms with Crippen LogP contribution in [0.2, 0.25) is 0 Å². The normalized spacial score (nSPS) is 17.0. The van der Waals surface area contributed by atoms with Crippen molar-refractivity contribution in [3.63, 3.8) is 0 Å². The average Bonchev–Trinajstić information content (AvgIpc) is 3.17. The summed E-state index contributed by atoms with van der Waals surface area (Å²) in [6, 6.07) is 8.44. The number of benzene rings is 1. The van der Waals surface area contributed by atoms with E-state index in [1.165, 1.54) is 12.8 Å². The van der Waals surface area contributed by atoms with Gasteiger partial charge in [-0.3, -0.25) is 4.98 Å². The molecule has 1 aromatic heterocycles. The van der Waals surface area contributed by atoms with Crippen molar-refractivity contribution in [2.75, 3.05) is 11.1 Å². The van der Waals surface area contributed by atoms with Crippen LogP contribution in [0.15, 0.2) is 30.5 Å². The van der Waals surface area contributed by atoms with Crippen LogP contribution in [0.4, 0.5) is 11.4 Å². The molecule has 1 saturated carbocycles. The zero-order chi connectivity index (χ0) is 11.8. The monoisotopic (exact) mass is 227 g/mol. The molecule has 0 bridgehead atoms. The fraction of sp³-hybridized carbons (Fsp3) is 0.357.